The number of benzene rings is 1. The Balaban J connectivity index is 2.46. The van der Waals surface area contributed by atoms with Crippen molar-refractivity contribution in [2.45, 2.75) is 31.1 Å². The maximum absolute atomic E-state index is 5.28. The number of rotatable bonds is 7. The molecule has 0 fully saturated rings. The van der Waals surface area contributed by atoms with Crippen LogP contribution in [0.5, 0.6) is 0 Å². The fourth-order valence-corrected chi connectivity index (χ4v) is 2.43. The summed E-state index contributed by atoms with van der Waals surface area (Å²) in [6.07, 6.45) is 5.54. The van der Waals surface area contributed by atoms with Crippen LogP contribution in [0.15, 0.2) is 34.3 Å². The van der Waals surface area contributed by atoms with Crippen molar-refractivity contribution in [2.24, 2.45) is 10.8 Å². The second kappa shape index (κ2) is 8.94. The van der Waals surface area contributed by atoms with Crippen molar-refractivity contribution in [3.05, 3.63) is 29.8 Å². The van der Waals surface area contributed by atoms with E-state index in [1.165, 1.54) is 29.9 Å². The van der Waals surface area contributed by atoms with Gasteiger partial charge in [-0.2, -0.15) is 5.10 Å². The molecule has 0 bridgehead atoms. The van der Waals surface area contributed by atoms with Gasteiger partial charge in [0, 0.05) is 4.90 Å². The summed E-state index contributed by atoms with van der Waals surface area (Å²) in [5.74, 6) is 1.17. The van der Waals surface area contributed by atoms with Crippen molar-refractivity contribution in [1.29, 1.82) is 0 Å². The van der Waals surface area contributed by atoms with Gasteiger partial charge in [-0.25, -0.2) is 0 Å². The molecule has 0 aromatic heterocycles. The van der Waals surface area contributed by atoms with Crippen LogP contribution < -0.4 is 11.2 Å². The van der Waals surface area contributed by atoms with Gasteiger partial charge in [0.25, 0.3) is 0 Å². The van der Waals surface area contributed by atoms with Crippen LogP contribution in [0.3, 0.4) is 0 Å². The lowest BCUT2D eigenvalue weighted by molar-refractivity contribution is 0.778. The summed E-state index contributed by atoms with van der Waals surface area (Å²) in [6.45, 7) is 2.22. The third kappa shape index (κ3) is 6.61. The number of hydrogen-bond acceptors (Lipinski definition) is 3. The van der Waals surface area contributed by atoms with Gasteiger partial charge in [-0.05, 0) is 42.1 Å². The molecule has 5 heteroatoms. The third-order valence-corrected chi connectivity index (χ3v) is 3.43. The van der Waals surface area contributed by atoms with E-state index < -0.39 is 0 Å². The van der Waals surface area contributed by atoms with E-state index in [-0.39, 0.29) is 5.11 Å². The molecule has 1 aromatic rings. The first kappa shape index (κ1) is 15.0. The van der Waals surface area contributed by atoms with Crippen LogP contribution >= 0.6 is 24.0 Å². The smallest absolute Gasteiger partial charge is 0.184 e. The highest BCUT2D eigenvalue weighted by Crippen LogP contribution is 2.20. The summed E-state index contributed by atoms with van der Waals surface area (Å²) in [6, 6.07) is 8.27. The van der Waals surface area contributed by atoms with Crippen LogP contribution in [0.4, 0.5) is 0 Å². The Hall–Kier alpha value is -1.07. The van der Waals surface area contributed by atoms with Crippen LogP contribution in [-0.2, 0) is 0 Å². The maximum Gasteiger partial charge on any atom is 0.184 e. The second-order valence-electron chi connectivity index (χ2n) is 3.86. The lowest BCUT2D eigenvalue weighted by Crippen LogP contribution is -2.23. The van der Waals surface area contributed by atoms with Crippen molar-refractivity contribution >= 4 is 35.3 Å². The molecule has 0 amide bonds. The first-order chi connectivity index (χ1) is 8.72. The molecule has 1 aromatic carbocycles. The van der Waals surface area contributed by atoms with Gasteiger partial charge in [0.05, 0.1) is 6.21 Å². The zero-order valence-corrected chi connectivity index (χ0v) is 12.2. The molecular formula is C13H19N3S2. The molecule has 0 heterocycles. The van der Waals surface area contributed by atoms with Crippen LogP contribution in [0, 0.1) is 0 Å². The average molecular weight is 281 g/mol. The van der Waals surface area contributed by atoms with E-state index >= 15 is 0 Å². The minimum Gasteiger partial charge on any atom is -0.375 e. The molecule has 0 saturated carbocycles. The molecule has 0 radical (unpaired) electrons. The summed E-state index contributed by atoms with van der Waals surface area (Å²) in [7, 11) is 0. The van der Waals surface area contributed by atoms with E-state index in [4.69, 9.17) is 5.73 Å². The molecule has 0 aliphatic carbocycles. The largest absolute Gasteiger partial charge is 0.375 e. The number of thioether (sulfide) groups is 1. The molecule has 3 nitrogen and oxygen atoms in total. The number of thiocarbonyl (C=S) groups is 1. The minimum atomic E-state index is 0.177. The fourth-order valence-electron chi connectivity index (χ4n) is 1.40. The number of nitrogens with two attached hydrogens (primary N) is 1. The lowest BCUT2D eigenvalue weighted by atomic mass is 10.2. The van der Waals surface area contributed by atoms with Crippen molar-refractivity contribution in [2.75, 3.05) is 5.75 Å². The molecule has 0 aliphatic rings. The van der Waals surface area contributed by atoms with E-state index in [0.717, 1.165) is 5.56 Å². The average Bonchev–Trinajstić information content (AvgIpc) is 2.35. The topological polar surface area (TPSA) is 50.4 Å². The maximum atomic E-state index is 5.28. The highest BCUT2D eigenvalue weighted by Gasteiger charge is 1.95. The fraction of sp³-hybridized carbons (Fsp3) is 0.385. The predicted molar refractivity (Wildman–Crippen MR) is 84.2 cm³/mol. The highest BCUT2D eigenvalue weighted by atomic mass is 32.2. The first-order valence-electron chi connectivity index (χ1n) is 6.03. The molecule has 0 atom stereocenters. The molecule has 1 rings (SSSR count). The number of nitrogens with zero attached hydrogens (tertiary/aromatic N) is 1. The zero-order chi connectivity index (χ0) is 13.2. The summed E-state index contributed by atoms with van der Waals surface area (Å²) in [5, 5.41) is 4.12. The van der Waals surface area contributed by atoms with Crippen molar-refractivity contribution < 1.29 is 0 Å². The lowest BCUT2D eigenvalue weighted by Gasteiger charge is -2.02. The predicted octanol–water partition coefficient (Wildman–Crippen LogP) is 3.14. The molecule has 3 N–H and O–H groups in total. The van der Waals surface area contributed by atoms with Gasteiger partial charge in [-0.15, -0.1) is 11.8 Å². The van der Waals surface area contributed by atoms with Gasteiger partial charge >= 0.3 is 0 Å². The van der Waals surface area contributed by atoms with E-state index in [1.807, 2.05) is 23.9 Å². The van der Waals surface area contributed by atoms with Gasteiger partial charge in [-0.3, -0.25) is 5.43 Å². The Kier molecular flexibility index (Phi) is 7.44. The van der Waals surface area contributed by atoms with Crippen molar-refractivity contribution in [3.8, 4) is 0 Å². The van der Waals surface area contributed by atoms with Gasteiger partial charge < -0.3 is 5.73 Å². The van der Waals surface area contributed by atoms with Crippen LogP contribution in [0.2, 0.25) is 0 Å². The van der Waals surface area contributed by atoms with Crippen LogP contribution in [0.1, 0.15) is 31.7 Å². The van der Waals surface area contributed by atoms with Crippen LogP contribution in [0.25, 0.3) is 0 Å². The SMILES string of the molecule is CCCCCSc1cccc(C=NNC(N)=S)c1. The molecule has 0 aliphatic heterocycles. The van der Waals surface area contributed by atoms with E-state index in [0.29, 0.717) is 0 Å². The molecular weight excluding hydrogens is 262 g/mol. The Labute approximate surface area is 118 Å². The van der Waals surface area contributed by atoms with Crippen LogP contribution in [-0.4, -0.2) is 17.1 Å². The zero-order valence-electron chi connectivity index (χ0n) is 10.6. The Morgan fingerprint density at radius 2 is 2.33 bits per heavy atom. The van der Waals surface area contributed by atoms with E-state index in [1.54, 1.807) is 6.21 Å². The number of hydrogen-bond donors (Lipinski definition) is 2. The third-order valence-electron chi connectivity index (χ3n) is 2.26. The number of nitrogens with one attached hydrogen (secondary N) is 1. The molecule has 98 valence electrons. The monoisotopic (exact) mass is 281 g/mol. The second-order valence-corrected chi connectivity index (χ2v) is 5.47. The van der Waals surface area contributed by atoms with Crippen molar-refractivity contribution in [1.82, 2.24) is 5.43 Å². The summed E-state index contributed by atoms with van der Waals surface area (Å²) < 4.78 is 0. The number of hydrazone groups is 1. The standard InChI is InChI=1S/C13H19N3S2/c1-2-3-4-8-18-12-7-5-6-11(9-12)10-15-16-13(14)17/h5-7,9-10H,2-4,8H2,1H3,(H3,14,16,17). The quantitative estimate of drug-likeness (QED) is 0.265. The number of unbranched alkanes of at least 4 members (excludes halogenated alkanes) is 2. The molecule has 18 heavy (non-hydrogen) atoms. The molecule has 0 unspecified atom stereocenters. The first-order valence-corrected chi connectivity index (χ1v) is 7.43. The van der Waals surface area contributed by atoms with Crippen molar-refractivity contribution in [3.63, 3.8) is 0 Å². The van der Waals surface area contributed by atoms with Gasteiger partial charge in [-0.1, -0.05) is 31.9 Å². The Bertz CT molecular complexity index is 405. The Morgan fingerprint density at radius 3 is 3.06 bits per heavy atom. The Morgan fingerprint density at radius 1 is 1.50 bits per heavy atom. The molecule has 0 spiro atoms. The van der Waals surface area contributed by atoms with E-state index in [2.05, 4.69) is 41.8 Å². The van der Waals surface area contributed by atoms with Gasteiger partial charge in [0.2, 0.25) is 0 Å². The summed E-state index contributed by atoms with van der Waals surface area (Å²) in [4.78, 5) is 1.27. The van der Waals surface area contributed by atoms with Gasteiger partial charge in [0.15, 0.2) is 5.11 Å². The van der Waals surface area contributed by atoms with Gasteiger partial charge in [0.1, 0.15) is 0 Å². The van der Waals surface area contributed by atoms with E-state index in [9.17, 15) is 0 Å². The highest BCUT2D eigenvalue weighted by molar-refractivity contribution is 7.99. The summed E-state index contributed by atoms with van der Waals surface area (Å²) in [5.41, 5.74) is 8.87. The molecule has 0 saturated heterocycles. The minimum absolute atomic E-state index is 0.177. The normalized spacial score (nSPS) is 10.7. The summed E-state index contributed by atoms with van der Waals surface area (Å²) >= 11 is 6.55.